The van der Waals surface area contributed by atoms with Crippen molar-refractivity contribution >= 4 is 20.7 Å². The molecule has 0 spiro atoms. The van der Waals surface area contributed by atoms with Crippen LogP contribution in [0.2, 0.25) is 0 Å². The highest BCUT2D eigenvalue weighted by Gasteiger charge is 2.33. The first-order valence-corrected chi connectivity index (χ1v) is 9.79. The predicted octanol–water partition coefficient (Wildman–Crippen LogP) is 2.05. The van der Waals surface area contributed by atoms with Crippen LogP contribution in [0, 0.1) is 11.3 Å². The quantitative estimate of drug-likeness (QED) is 0.630. The molecular formula is C17H12F3N5O3S. The number of alkyl halides is 3. The molecule has 0 fully saturated rings. The zero-order chi connectivity index (χ0) is 21.4. The van der Waals surface area contributed by atoms with E-state index < -0.39 is 32.8 Å². The Kier molecular flexibility index (Phi) is 5.10. The van der Waals surface area contributed by atoms with Gasteiger partial charge in [0.15, 0.2) is 15.7 Å². The molecule has 0 saturated heterocycles. The molecular weight excluding hydrogens is 411 g/mol. The second-order valence-electron chi connectivity index (χ2n) is 5.90. The molecule has 0 saturated carbocycles. The summed E-state index contributed by atoms with van der Waals surface area (Å²) >= 11 is 0. The number of sulfone groups is 1. The number of halogens is 3. The Balaban J connectivity index is 2.32. The van der Waals surface area contributed by atoms with Gasteiger partial charge in [0.2, 0.25) is 0 Å². The molecule has 0 amide bonds. The molecule has 0 unspecified atom stereocenters. The third-order valence-corrected chi connectivity index (χ3v) is 5.74. The Morgan fingerprint density at radius 1 is 1.24 bits per heavy atom. The molecule has 0 aromatic carbocycles. The maximum absolute atomic E-state index is 12.9. The first-order chi connectivity index (χ1) is 13.6. The number of pyridine rings is 2. The molecule has 0 aliphatic heterocycles. The van der Waals surface area contributed by atoms with Gasteiger partial charge in [-0.1, -0.05) is 6.92 Å². The average molecular weight is 423 g/mol. The molecule has 3 aromatic heterocycles. The fourth-order valence-electron chi connectivity index (χ4n) is 2.54. The van der Waals surface area contributed by atoms with Crippen molar-refractivity contribution in [3.8, 4) is 11.9 Å². The standard InChI is InChI=1S/C17H12F3N5O3S/c1-2-29(27,28)12-7-10(5-6-21)8-22-15(12)25-16(26)14-11(9-23-25)3-4-13(24-14)17(18,19)20/h3-4,7-9H,2,5H2,1H3. The van der Waals surface area contributed by atoms with Crippen molar-refractivity contribution in [3.63, 3.8) is 0 Å². The number of hydrogen-bond donors (Lipinski definition) is 0. The Bertz CT molecular complexity index is 1310. The lowest BCUT2D eigenvalue weighted by molar-refractivity contribution is -0.140. The van der Waals surface area contributed by atoms with E-state index in [0.717, 1.165) is 18.3 Å². The summed E-state index contributed by atoms with van der Waals surface area (Å²) in [6.45, 7) is 1.38. The normalized spacial score (nSPS) is 12.1. The second kappa shape index (κ2) is 7.25. The molecule has 0 radical (unpaired) electrons. The van der Waals surface area contributed by atoms with Gasteiger partial charge in [0.25, 0.3) is 5.56 Å². The van der Waals surface area contributed by atoms with E-state index >= 15 is 0 Å². The van der Waals surface area contributed by atoms with Crippen LogP contribution in [0.4, 0.5) is 13.2 Å². The number of aromatic nitrogens is 4. The average Bonchev–Trinajstić information content (AvgIpc) is 2.68. The van der Waals surface area contributed by atoms with Gasteiger partial charge in [0.05, 0.1) is 24.4 Å². The van der Waals surface area contributed by atoms with E-state index in [-0.39, 0.29) is 28.3 Å². The summed E-state index contributed by atoms with van der Waals surface area (Å²) < 4.78 is 64.4. The largest absolute Gasteiger partial charge is 0.433 e. The molecule has 0 atom stereocenters. The van der Waals surface area contributed by atoms with Crippen molar-refractivity contribution in [2.45, 2.75) is 24.4 Å². The minimum absolute atomic E-state index is 0.0558. The van der Waals surface area contributed by atoms with Gasteiger partial charge in [0, 0.05) is 11.6 Å². The van der Waals surface area contributed by atoms with Crippen molar-refractivity contribution in [2.75, 3.05) is 5.75 Å². The molecule has 0 aliphatic carbocycles. The van der Waals surface area contributed by atoms with Crippen LogP contribution in [0.25, 0.3) is 16.7 Å². The Morgan fingerprint density at radius 2 is 1.97 bits per heavy atom. The lowest BCUT2D eigenvalue weighted by Gasteiger charge is -2.12. The Morgan fingerprint density at radius 3 is 2.59 bits per heavy atom. The van der Waals surface area contributed by atoms with Crippen LogP contribution in [0.1, 0.15) is 18.2 Å². The van der Waals surface area contributed by atoms with Gasteiger partial charge in [-0.2, -0.15) is 28.2 Å². The zero-order valence-corrected chi connectivity index (χ0v) is 15.6. The maximum Gasteiger partial charge on any atom is 0.433 e. The van der Waals surface area contributed by atoms with Crippen LogP contribution in [0.3, 0.4) is 0 Å². The Labute approximate surface area is 162 Å². The molecule has 3 heterocycles. The number of nitriles is 1. The highest BCUT2D eigenvalue weighted by Crippen LogP contribution is 2.28. The van der Waals surface area contributed by atoms with Crippen LogP contribution in [0.5, 0.6) is 0 Å². The second-order valence-corrected chi connectivity index (χ2v) is 8.14. The molecule has 8 nitrogen and oxygen atoms in total. The first kappa shape index (κ1) is 20.4. The number of rotatable bonds is 4. The fraction of sp³-hybridized carbons (Fsp3) is 0.235. The summed E-state index contributed by atoms with van der Waals surface area (Å²) in [5, 5.41) is 12.7. The van der Waals surface area contributed by atoms with Gasteiger partial charge in [0.1, 0.15) is 16.1 Å². The van der Waals surface area contributed by atoms with E-state index in [1.54, 1.807) is 0 Å². The van der Waals surface area contributed by atoms with Crippen LogP contribution in [-0.4, -0.2) is 33.9 Å². The summed E-state index contributed by atoms with van der Waals surface area (Å²) in [6.07, 6.45) is -2.58. The van der Waals surface area contributed by atoms with Gasteiger partial charge in [-0.05, 0) is 23.8 Å². The molecule has 0 bridgehead atoms. The monoisotopic (exact) mass is 423 g/mol. The highest BCUT2D eigenvalue weighted by atomic mass is 32.2. The van der Waals surface area contributed by atoms with E-state index in [0.29, 0.717) is 10.2 Å². The molecule has 150 valence electrons. The fourth-order valence-corrected chi connectivity index (χ4v) is 3.60. The first-order valence-electron chi connectivity index (χ1n) is 8.13. The predicted molar refractivity (Wildman–Crippen MR) is 95.0 cm³/mol. The minimum Gasteiger partial charge on any atom is -0.265 e. The number of nitrogens with zero attached hydrogens (tertiary/aromatic N) is 5. The number of fused-ring (bicyclic) bond motifs is 1. The SMILES string of the molecule is CCS(=O)(=O)c1cc(CC#N)cnc1-n1ncc2ccc(C(F)(F)F)nc2c1=O. The lowest BCUT2D eigenvalue weighted by atomic mass is 10.2. The van der Waals surface area contributed by atoms with E-state index in [9.17, 15) is 26.4 Å². The van der Waals surface area contributed by atoms with E-state index in [2.05, 4.69) is 15.1 Å². The van der Waals surface area contributed by atoms with Crippen molar-refractivity contribution in [3.05, 3.63) is 52.2 Å². The summed E-state index contributed by atoms with van der Waals surface area (Å²) in [7, 11) is -3.89. The van der Waals surface area contributed by atoms with Gasteiger partial charge in [-0.15, -0.1) is 0 Å². The molecule has 0 N–H and O–H groups in total. The van der Waals surface area contributed by atoms with E-state index in [4.69, 9.17) is 5.26 Å². The van der Waals surface area contributed by atoms with Gasteiger partial charge in [-0.3, -0.25) is 4.79 Å². The van der Waals surface area contributed by atoms with Crippen LogP contribution in [0.15, 0.2) is 40.3 Å². The van der Waals surface area contributed by atoms with Gasteiger partial charge >= 0.3 is 6.18 Å². The van der Waals surface area contributed by atoms with Gasteiger partial charge in [-0.25, -0.2) is 18.4 Å². The van der Waals surface area contributed by atoms with Crippen LogP contribution in [-0.2, 0) is 22.4 Å². The molecule has 3 aromatic rings. The maximum atomic E-state index is 12.9. The van der Waals surface area contributed by atoms with Crippen molar-refractivity contribution in [1.82, 2.24) is 19.7 Å². The van der Waals surface area contributed by atoms with Crippen LogP contribution < -0.4 is 5.56 Å². The summed E-state index contributed by atoms with van der Waals surface area (Å²) in [6, 6.07) is 4.83. The highest BCUT2D eigenvalue weighted by molar-refractivity contribution is 7.91. The molecule has 29 heavy (non-hydrogen) atoms. The van der Waals surface area contributed by atoms with E-state index in [1.165, 1.54) is 19.2 Å². The van der Waals surface area contributed by atoms with Crippen molar-refractivity contribution in [1.29, 1.82) is 5.26 Å². The summed E-state index contributed by atoms with van der Waals surface area (Å²) in [4.78, 5) is 19.7. The summed E-state index contributed by atoms with van der Waals surface area (Å²) in [5.41, 5.74) is -2.55. The zero-order valence-electron chi connectivity index (χ0n) is 14.8. The minimum atomic E-state index is -4.76. The van der Waals surface area contributed by atoms with Crippen molar-refractivity contribution in [2.24, 2.45) is 0 Å². The summed E-state index contributed by atoms with van der Waals surface area (Å²) in [5.74, 6) is -0.698. The third kappa shape index (κ3) is 3.81. The molecule has 0 aliphatic rings. The van der Waals surface area contributed by atoms with E-state index in [1.807, 2.05) is 6.07 Å². The van der Waals surface area contributed by atoms with Crippen molar-refractivity contribution < 1.29 is 21.6 Å². The smallest absolute Gasteiger partial charge is 0.265 e. The molecule has 3 rings (SSSR count). The lowest BCUT2D eigenvalue weighted by Crippen LogP contribution is -2.26. The van der Waals surface area contributed by atoms with Gasteiger partial charge < -0.3 is 0 Å². The topological polar surface area (TPSA) is 119 Å². The van der Waals surface area contributed by atoms with Crippen LogP contribution >= 0.6 is 0 Å². The number of hydrogen-bond acceptors (Lipinski definition) is 7. The third-order valence-electron chi connectivity index (χ3n) is 4.01. The molecule has 12 heteroatoms. The Hall–Kier alpha value is -3.33.